The maximum absolute atomic E-state index is 5.78. The highest BCUT2D eigenvalue weighted by Crippen LogP contribution is 2.29. The van der Waals surface area contributed by atoms with Crippen LogP contribution in [0.2, 0.25) is 0 Å². The molecule has 0 aliphatic carbocycles. The second kappa shape index (κ2) is 6.72. The van der Waals surface area contributed by atoms with Gasteiger partial charge in [-0.1, -0.05) is 45.0 Å². The third kappa shape index (κ3) is 5.10. The van der Waals surface area contributed by atoms with Gasteiger partial charge in [0, 0.05) is 32.2 Å². The van der Waals surface area contributed by atoms with Crippen molar-refractivity contribution in [1.29, 1.82) is 0 Å². The zero-order chi connectivity index (χ0) is 16.4. The van der Waals surface area contributed by atoms with E-state index in [1.807, 2.05) is 0 Å². The summed E-state index contributed by atoms with van der Waals surface area (Å²) in [6, 6.07) is 9.25. The van der Waals surface area contributed by atoms with E-state index in [0.717, 1.165) is 25.5 Å². The first-order valence-electron chi connectivity index (χ1n) is 8.62. The Morgan fingerprint density at radius 2 is 1.59 bits per heavy atom. The third-order valence-electron chi connectivity index (χ3n) is 4.36. The summed E-state index contributed by atoms with van der Waals surface area (Å²) in [4.78, 5) is 2.54. The summed E-state index contributed by atoms with van der Waals surface area (Å²) in [5.41, 5.74) is 3.16. The van der Waals surface area contributed by atoms with Gasteiger partial charge >= 0.3 is 0 Å². The van der Waals surface area contributed by atoms with E-state index in [4.69, 9.17) is 4.74 Å². The second-order valence-electron chi connectivity index (χ2n) is 8.64. The van der Waals surface area contributed by atoms with Gasteiger partial charge in [0.05, 0.1) is 5.60 Å². The first kappa shape index (κ1) is 17.5. The summed E-state index contributed by atoms with van der Waals surface area (Å²) in [6.45, 7) is 17.6. The van der Waals surface area contributed by atoms with Crippen LogP contribution in [0, 0.1) is 0 Å². The van der Waals surface area contributed by atoms with Crippen molar-refractivity contribution in [3.8, 4) is 0 Å². The zero-order valence-corrected chi connectivity index (χ0v) is 15.3. The Morgan fingerprint density at radius 1 is 1.00 bits per heavy atom. The molecular weight excluding hydrogens is 270 g/mol. The summed E-state index contributed by atoms with van der Waals surface area (Å²) in [6.07, 6.45) is 1.13. The molecule has 1 aliphatic rings. The van der Waals surface area contributed by atoms with Gasteiger partial charge in [-0.25, -0.2) is 0 Å². The first-order valence-corrected chi connectivity index (χ1v) is 8.62. The topological polar surface area (TPSA) is 12.5 Å². The average Bonchev–Trinajstić information content (AvgIpc) is 2.34. The van der Waals surface area contributed by atoms with Crippen molar-refractivity contribution in [1.82, 2.24) is 4.90 Å². The van der Waals surface area contributed by atoms with Crippen molar-refractivity contribution in [3.63, 3.8) is 0 Å². The molecule has 1 aliphatic heterocycles. The molecule has 0 spiro atoms. The van der Waals surface area contributed by atoms with Gasteiger partial charge in [0.25, 0.3) is 0 Å². The minimum absolute atomic E-state index is 0.00766. The zero-order valence-electron chi connectivity index (χ0n) is 15.3. The maximum atomic E-state index is 5.78. The van der Waals surface area contributed by atoms with Crippen LogP contribution in [0.4, 0.5) is 0 Å². The molecule has 1 aromatic carbocycles. The normalized spacial score (nSPS) is 17.5. The number of ether oxygens (including phenoxy) is 1. The molecule has 0 saturated carbocycles. The Labute approximate surface area is 136 Å². The Bertz CT molecular complexity index is 458. The molecule has 0 bridgehead atoms. The molecule has 22 heavy (non-hydrogen) atoms. The van der Waals surface area contributed by atoms with Crippen molar-refractivity contribution in [2.24, 2.45) is 0 Å². The number of nitrogens with zero attached hydrogens (tertiary/aromatic N) is 1. The van der Waals surface area contributed by atoms with E-state index in [1.165, 1.54) is 24.2 Å². The summed E-state index contributed by atoms with van der Waals surface area (Å²) >= 11 is 0. The molecule has 0 aromatic heterocycles. The molecular formula is C20H33NO. The number of hydrogen-bond donors (Lipinski definition) is 0. The molecule has 0 unspecified atom stereocenters. The lowest BCUT2D eigenvalue weighted by atomic mass is 9.84. The minimum atomic E-state index is -0.00766. The molecule has 2 nitrogen and oxygen atoms in total. The Kier molecular flexibility index (Phi) is 5.34. The van der Waals surface area contributed by atoms with Gasteiger partial charge in [0.2, 0.25) is 0 Å². The van der Waals surface area contributed by atoms with Crippen LogP contribution in [0.25, 0.3) is 0 Å². The summed E-state index contributed by atoms with van der Waals surface area (Å²) < 4.78 is 5.78. The predicted octanol–water partition coefficient (Wildman–Crippen LogP) is 4.59. The van der Waals surface area contributed by atoms with Crippen LogP contribution in [0.3, 0.4) is 0 Å². The SMILES string of the molecule is CC(C)(C)OCCCN1CC(c2ccc(C(C)(C)C)cc2)C1. The molecule has 0 atom stereocenters. The highest BCUT2D eigenvalue weighted by atomic mass is 16.5. The van der Waals surface area contributed by atoms with Crippen LogP contribution < -0.4 is 0 Å². The molecule has 1 fully saturated rings. The van der Waals surface area contributed by atoms with Gasteiger partial charge in [-0.3, -0.25) is 0 Å². The third-order valence-corrected chi connectivity index (χ3v) is 4.36. The van der Waals surface area contributed by atoms with E-state index in [2.05, 4.69) is 70.7 Å². The standard InChI is InChI=1S/C20H33NO/c1-19(2,3)18-10-8-16(9-11-18)17-14-21(15-17)12-7-13-22-20(4,5)6/h8-11,17H,7,12-15H2,1-6H3. The van der Waals surface area contributed by atoms with Crippen LogP contribution in [-0.4, -0.2) is 36.7 Å². The number of hydrogen-bond acceptors (Lipinski definition) is 2. The lowest BCUT2D eigenvalue weighted by Crippen LogP contribution is -2.45. The molecule has 124 valence electrons. The molecule has 0 N–H and O–H groups in total. The van der Waals surface area contributed by atoms with Gasteiger partial charge in [0.1, 0.15) is 0 Å². The second-order valence-corrected chi connectivity index (χ2v) is 8.64. The van der Waals surface area contributed by atoms with Crippen molar-refractivity contribution < 1.29 is 4.74 Å². The molecule has 1 aromatic rings. The van der Waals surface area contributed by atoms with Crippen molar-refractivity contribution >= 4 is 0 Å². The van der Waals surface area contributed by atoms with Crippen LogP contribution in [0.5, 0.6) is 0 Å². The predicted molar refractivity (Wildman–Crippen MR) is 94.6 cm³/mol. The van der Waals surface area contributed by atoms with Gasteiger partial charge < -0.3 is 9.64 Å². The van der Waals surface area contributed by atoms with E-state index in [9.17, 15) is 0 Å². The molecule has 2 rings (SSSR count). The molecule has 2 heteroatoms. The number of benzene rings is 1. The van der Waals surface area contributed by atoms with E-state index in [-0.39, 0.29) is 11.0 Å². The Hall–Kier alpha value is -0.860. The van der Waals surface area contributed by atoms with Crippen LogP contribution in [0.15, 0.2) is 24.3 Å². The summed E-state index contributed by atoms with van der Waals surface area (Å²) in [5, 5.41) is 0. The summed E-state index contributed by atoms with van der Waals surface area (Å²) in [7, 11) is 0. The monoisotopic (exact) mass is 303 g/mol. The van der Waals surface area contributed by atoms with Gasteiger partial charge in [-0.2, -0.15) is 0 Å². The van der Waals surface area contributed by atoms with Crippen molar-refractivity contribution in [2.75, 3.05) is 26.2 Å². The number of rotatable bonds is 5. The van der Waals surface area contributed by atoms with Gasteiger partial charge in [0.15, 0.2) is 0 Å². The van der Waals surface area contributed by atoms with Crippen LogP contribution in [0.1, 0.15) is 65.0 Å². The maximum Gasteiger partial charge on any atom is 0.0598 e. The van der Waals surface area contributed by atoms with Crippen LogP contribution in [-0.2, 0) is 10.2 Å². The minimum Gasteiger partial charge on any atom is -0.376 e. The highest BCUT2D eigenvalue weighted by molar-refractivity contribution is 5.30. The Morgan fingerprint density at radius 3 is 2.09 bits per heavy atom. The lowest BCUT2D eigenvalue weighted by Gasteiger charge is -2.40. The van der Waals surface area contributed by atoms with E-state index < -0.39 is 0 Å². The van der Waals surface area contributed by atoms with Gasteiger partial charge in [-0.15, -0.1) is 0 Å². The van der Waals surface area contributed by atoms with E-state index >= 15 is 0 Å². The highest BCUT2D eigenvalue weighted by Gasteiger charge is 2.27. The fraction of sp³-hybridized carbons (Fsp3) is 0.700. The smallest absolute Gasteiger partial charge is 0.0598 e. The van der Waals surface area contributed by atoms with Gasteiger partial charge in [-0.05, 0) is 43.7 Å². The number of likely N-dealkylation sites (tertiary alicyclic amines) is 1. The quantitative estimate of drug-likeness (QED) is 0.738. The molecule has 0 amide bonds. The Balaban J connectivity index is 1.70. The largest absolute Gasteiger partial charge is 0.376 e. The van der Waals surface area contributed by atoms with E-state index in [0.29, 0.717) is 0 Å². The average molecular weight is 303 g/mol. The van der Waals surface area contributed by atoms with Crippen molar-refractivity contribution in [2.45, 2.75) is 64.9 Å². The molecule has 1 saturated heterocycles. The lowest BCUT2D eigenvalue weighted by molar-refractivity contribution is -0.00968. The molecule has 1 heterocycles. The fourth-order valence-corrected chi connectivity index (χ4v) is 2.89. The molecule has 0 radical (unpaired) electrons. The van der Waals surface area contributed by atoms with Crippen LogP contribution >= 0.6 is 0 Å². The van der Waals surface area contributed by atoms with E-state index in [1.54, 1.807) is 0 Å². The summed E-state index contributed by atoms with van der Waals surface area (Å²) in [5.74, 6) is 0.720. The first-order chi connectivity index (χ1) is 10.1. The fourth-order valence-electron chi connectivity index (χ4n) is 2.89. The van der Waals surface area contributed by atoms with Crippen molar-refractivity contribution in [3.05, 3.63) is 35.4 Å².